The van der Waals surface area contributed by atoms with Gasteiger partial charge in [0.05, 0.1) is 17.9 Å². The van der Waals surface area contributed by atoms with Crippen LogP contribution < -0.4 is 10.1 Å². The van der Waals surface area contributed by atoms with Gasteiger partial charge >= 0.3 is 5.97 Å². The molecule has 6 heteroatoms. The third kappa shape index (κ3) is 3.75. The van der Waals surface area contributed by atoms with Crippen LogP contribution in [-0.2, 0) is 14.4 Å². The Morgan fingerprint density at radius 2 is 1.71 bits per heavy atom. The van der Waals surface area contributed by atoms with E-state index in [1.807, 2.05) is 24.3 Å². The van der Waals surface area contributed by atoms with E-state index in [4.69, 9.17) is 9.84 Å². The van der Waals surface area contributed by atoms with Gasteiger partial charge in [0.1, 0.15) is 5.75 Å². The second-order valence-electron chi connectivity index (χ2n) is 6.50. The number of imide groups is 1. The average molecular weight is 331 g/mol. The lowest BCUT2D eigenvalue weighted by Gasteiger charge is -2.27. The van der Waals surface area contributed by atoms with Crippen LogP contribution in [0.2, 0.25) is 0 Å². The minimum Gasteiger partial charge on any atom is -0.490 e. The molecule has 2 amide bonds. The van der Waals surface area contributed by atoms with Crippen LogP contribution >= 0.6 is 0 Å². The third-order valence-corrected chi connectivity index (χ3v) is 4.85. The predicted octanol–water partition coefficient (Wildman–Crippen LogP) is 2.23. The van der Waals surface area contributed by atoms with Crippen molar-refractivity contribution in [1.29, 1.82) is 0 Å². The molecule has 1 atom stereocenters. The van der Waals surface area contributed by atoms with Crippen LogP contribution in [-0.4, -0.2) is 29.0 Å². The molecule has 1 saturated heterocycles. The van der Waals surface area contributed by atoms with Gasteiger partial charge in [-0.25, -0.2) is 0 Å². The highest BCUT2D eigenvalue weighted by atomic mass is 16.5. The number of hydrogen-bond acceptors (Lipinski definition) is 4. The summed E-state index contributed by atoms with van der Waals surface area (Å²) in [6, 6.07) is 7.39. The highest BCUT2D eigenvalue weighted by Crippen LogP contribution is 2.30. The van der Waals surface area contributed by atoms with Crippen molar-refractivity contribution in [2.24, 2.45) is 5.92 Å². The van der Waals surface area contributed by atoms with Crippen molar-refractivity contribution in [3.8, 4) is 5.75 Å². The molecule has 128 valence electrons. The summed E-state index contributed by atoms with van der Waals surface area (Å²) in [5.41, 5.74) is 0.877. The first kappa shape index (κ1) is 16.5. The number of rotatable bonds is 4. The lowest BCUT2D eigenvalue weighted by molar-refractivity contribution is -0.143. The van der Waals surface area contributed by atoms with E-state index in [1.165, 1.54) is 0 Å². The number of carbonyl (C=O) groups is 3. The Bertz CT molecular complexity index is 631. The molecule has 24 heavy (non-hydrogen) atoms. The van der Waals surface area contributed by atoms with Gasteiger partial charge in [-0.2, -0.15) is 0 Å². The Labute approximate surface area is 140 Å². The molecule has 2 fully saturated rings. The first-order chi connectivity index (χ1) is 11.5. The number of carboxylic acid groups (broad SMARTS) is 1. The highest BCUT2D eigenvalue weighted by molar-refractivity contribution is 6.00. The molecule has 0 spiro atoms. The summed E-state index contributed by atoms with van der Waals surface area (Å²) in [6.07, 6.45) is 3.72. The fourth-order valence-corrected chi connectivity index (χ4v) is 3.41. The number of carbonyl (C=O) groups excluding carboxylic acids is 2. The second-order valence-corrected chi connectivity index (χ2v) is 6.50. The van der Waals surface area contributed by atoms with Crippen LogP contribution in [0.5, 0.6) is 5.75 Å². The van der Waals surface area contributed by atoms with Crippen molar-refractivity contribution in [2.75, 3.05) is 0 Å². The summed E-state index contributed by atoms with van der Waals surface area (Å²) in [5, 5.41) is 11.4. The molecule has 3 rings (SSSR count). The molecule has 6 nitrogen and oxygen atoms in total. The van der Waals surface area contributed by atoms with Crippen LogP contribution in [0.4, 0.5) is 0 Å². The van der Waals surface area contributed by atoms with E-state index >= 15 is 0 Å². The normalized spacial score (nSPS) is 27.4. The largest absolute Gasteiger partial charge is 0.490 e. The van der Waals surface area contributed by atoms with Crippen LogP contribution in [0, 0.1) is 5.92 Å². The Hall–Kier alpha value is -2.37. The topological polar surface area (TPSA) is 92.7 Å². The number of amides is 2. The van der Waals surface area contributed by atoms with Gasteiger partial charge in [-0.05, 0) is 49.8 Å². The summed E-state index contributed by atoms with van der Waals surface area (Å²) in [7, 11) is 0. The van der Waals surface area contributed by atoms with Crippen molar-refractivity contribution in [2.45, 2.75) is 50.5 Å². The van der Waals surface area contributed by atoms with Crippen LogP contribution in [0.1, 0.15) is 50.0 Å². The van der Waals surface area contributed by atoms with E-state index in [2.05, 4.69) is 5.32 Å². The van der Waals surface area contributed by atoms with Gasteiger partial charge < -0.3 is 9.84 Å². The maximum atomic E-state index is 11.9. The molecule has 1 aliphatic carbocycles. The summed E-state index contributed by atoms with van der Waals surface area (Å²) in [4.78, 5) is 34.0. The number of aliphatic carboxylic acids is 1. The molecule has 1 aromatic rings. The summed E-state index contributed by atoms with van der Waals surface area (Å²) < 4.78 is 5.92. The van der Waals surface area contributed by atoms with E-state index in [0.29, 0.717) is 25.7 Å². The van der Waals surface area contributed by atoms with Crippen molar-refractivity contribution >= 4 is 17.8 Å². The van der Waals surface area contributed by atoms with Crippen LogP contribution in [0.25, 0.3) is 0 Å². The van der Waals surface area contributed by atoms with Gasteiger partial charge in [0.25, 0.3) is 0 Å². The molecular weight excluding hydrogens is 310 g/mol. The van der Waals surface area contributed by atoms with Gasteiger partial charge in [0, 0.05) is 6.42 Å². The lowest BCUT2D eigenvalue weighted by atomic mass is 9.87. The Kier molecular flexibility index (Phi) is 4.83. The van der Waals surface area contributed by atoms with E-state index in [0.717, 1.165) is 24.2 Å². The minimum absolute atomic E-state index is 0.0436. The van der Waals surface area contributed by atoms with Gasteiger partial charge in [0.2, 0.25) is 11.8 Å². The predicted molar refractivity (Wildman–Crippen MR) is 85.6 cm³/mol. The fourth-order valence-electron chi connectivity index (χ4n) is 3.41. The summed E-state index contributed by atoms with van der Waals surface area (Å²) >= 11 is 0. The monoisotopic (exact) mass is 331 g/mol. The number of ether oxygens (including phenoxy) is 1. The zero-order valence-electron chi connectivity index (χ0n) is 13.4. The Morgan fingerprint density at radius 3 is 2.29 bits per heavy atom. The third-order valence-electron chi connectivity index (χ3n) is 4.85. The van der Waals surface area contributed by atoms with Crippen LogP contribution in [0.3, 0.4) is 0 Å². The Morgan fingerprint density at radius 1 is 1.04 bits per heavy atom. The van der Waals surface area contributed by atoms with E-state index < -0.39 is 5.97 Å². The molecule has 0 radical (unpaired) electrons. The summed E-state index contributed by atoms with van der Waals surface area (Å²) in [5.74, 6) is -0.991. The highest BCUT2D eigenvalue weighted by Gasteiger charge is 2.29. The van der Waals surface area contributed by atoms with E-state index in [9.17, 15) is 14.4 Å². The summed E-state index contributed by atoms with van der Waals surface area (Å²) in [6.45, 7) is 0. The molecule has 1 heterocycles. The zero-order chi connectivity index (χ0) is 17.1. The molecular formula is C18H21NO5. The molecule has 0 bridgehead atoms. The van der Waals surface area contributed by atoms with Gasteiger partial charge in [0.15, 0.2) is 0 Å². The number of piperidine rings is 1. The number of carboxylic acids is 1. The fraction of sp³-hybridized carbons (Fsp3) is 0.500. The number of benzene rings is 1. The number of nitrogens with one attached hydrogen (secondary N) is 1. The van der Waals surface area contributed by atoms with Gasteiger partial charge in [-0.1, -0.05) is 12.1 Å². The van der Waals surface area contributed by atoms with E-state index in [1.54, 1.807) is 0 Å². The standard InChI is InChI=1S/C18H21NO5/c20-16-10-9-15(17(21)19-16)11-1-5-13(6-2-11)24-14-7-3-12(4-8-14)18(22)23/h1-2,5-6,12,14-15H,3-4,7-10H2,(H,22,23)(H,19,20,21)/t12-,14-,15?. The average Bonchev–Trinajstić information content (AvgIpc) is 2.56. The second kappa shape index (κ2) is 7.03. The lowest BCUT2D eigenvalue weighted by Crippen LogP contribution is -2.39. The first-order valence-corrected chi connectivity index (χ1v) is 8.36. The zero-order valence-corrected chi connectivity index (χ0v) is 13.4. The molecule has 2 N–H and O–H groups in total. The molecule has 0 aromatic heterocycles. The van der Waals surface area contributed by atoms with Crippen molar-refractivity contribution in [3.63, 3.8) is 0 Å². The van der Waals surface area contributed by atoms with E-state index in [-0.39, 0.29) is 29.8 Å². The van der Waals surface area contributed by atoms with Gasteiger partial charge in [-0.3, -0.25) is 19.7 Å². The smallest absolute Gasteiger partial charge is 0.306 e. The molecule has 1 saturated carbocycles. The molecule has 1 unspecified atom stereocenters. The van der Waals surface area contributed by atoms with Gasteiger partial charge in [-0.15, -0.1) is 0 Å². The maximum absolute atomic E-state index is 11.9. The maximum Gasteiger partial charge on any atom is 0.306 e. The van der Waals surface area contributed by atoms with Crippen molar-refractivity contribution in [1.82, 2.24) is 5.32 Å². The Balaban J connectivity index is 1.56. The number of hydrogen-bond donors (Lipinski definition) is 2. The minimum atomic E-state index is -0.720. The SMILES string of the molecule is O=C1CCC(c2ccc(O[C@H]3CC[C@H](C(=O)O)CC3)cc2)C(=O)N1. The van der Waals surface area contributed by atoms with Crippen molar-refractivity contribution < 1.29 is 24.2 Å². The van der Waals surface area contributed by atoms with Crippen LogP contribution in [0.15, 0.2) is 24.3 Å². The quantitative estimate of drug-likeness (QED) is 0.825. The first-order valence-electron chi connectivity index (χ1n) is 8.36. The van der Waals surface area contributed by atoms with Crippen molar-refractivity contribution in [3.05, 3.63) is 29.8 Å². The molecule has 1 aliphatic heterocycles. The molecule has 2 aliphatic rings. The molecule has 1 aromatic carbocycles.